The van der Waals surface area contributed by atoms with Gasteiger partial charge in [-0.1, -0.05) is 0 Å². The Morgan fingerprint density at radius 3 is 2.62 bits per heavy atom. The first-order valence-corrected chi connectivity index (χ1v) is 10.3. The summed E-state index contributed by atoms with van der Waals surface area (Å²) in [5, 5.41) is 8.83. The van der Waals surface area contributed by atoms with E-state index in [9.17, 15) is 9.59 Å². The van der Waals surface area contributed by atoms with Crippen molar-refractivity contribution >= 4 is 34.9 Å². The molecule has 29 heavy (non-hydrogen) atoms. The average Bonchev–Trinajstić information content (AvgIpc) is 3.05. The van der Waals surface area contributed by atoms with Crippen LogP contribution in [0.4, 0.5) is 10.7 Å². The van der Waals surface area contributed by atoms with Crippen molar-refractivity contribution in [1.82, 2.24) is 30.6 Å². The van der Waals surface area contributed by atoms with Crippen LogP contribution in [0.3, 0.4) is 0 Å². The molecule has 0 spiro atoms. The fraction of sp³-hybridized carbons (Fsp3) is 0.368. The van der Waals surface area contributed by atoms with Gasteiger partial charge in [-0.3, -0.25) is 14.9 Å². The molecule has 3 N–H and O–H groups in total. The molecule has 2 fully saturated rings. The van der Waals surface area contributed by atoms with Gasteiger partial charge in [-0.25, -0.2) is 19.9 Å². The monoisotopic (exact) mass is 411 g/mol. The smallest absolute Gasteiger partial charge is 0.290 e. The molecule has 0 bridgehead atoms. The molecule has 10 heteroatoms. The Hall–Kier alpha value is -2.85. The molecule has 150 valence electrons. The molecule has 1 saturated carbocycles. The molecule has 1 aliphatic heterocycles. The molecular formula is C19H21N7O2S. The number of nitrogens with zero attached hydrogens (tertiary/aromatic N) is 4. The van der Waals surface area contributed by atoms with Crippen molar-refractivity contribution in [3.05, 3.63) is 47.1 Å². The van der Waals surface area contributed by atoms with Crippen molar-refractivity contribution < 1.29 is 9.59 Å². The Labute approximate surface area is 172 Å². The summed E-state index contributed by atoms with van der Waals surface area (Å²) in [5.74, 6) is 0.146. The number of imide groups is 1. The number of hydrogen-bond donors (Lipinski definition) is 3. The quantitative estimate of drug-likeness (QED) is 0.613. The normalized spacial score (nSPS) is 23.2. The van der Waals surface area contributed by atoms with Gasteiger partial charge in [0.2, 0.25) is 5.95 Å². The lowest BCUT2D eigenvalue weighted by atomic mass is 9.91. The van der Waals surface area contributed by atoms with Gasteiger partial charge in [0.25, 0.3) is 11.1 Å². The van der Waals surface area contributed by atoms with Crippen LogP contribution < -0.4 is 16.0 Å². The number of thioether (sulfide) groups is 1. The Bertz CT molecular complexity index is 914. The highest BCUT2D eigenvalue weighted by Crippen LogP contribution is 2.25. The Kier molecular flexibility index (Phi) is 6.11. The van der Waals surface area contributed by atoms with E-state index in [2.05, 4.69) is 35.9 Å². The van der Waals surface area contributed by atoms with Crippen molar-refractivity contribution in [2.24, 2.45) is 0 Å². The zero-order valence-electron chi connectivity index (χ0n) is 15.7. The Balaban J connectivity index is 1.28. The number of carbonyl (C=O) groups is 2. The molecule has 0 atom stereocenters. The van der Waals surface area contributed by atoms with Crippen LogP contribution in [0.1, 0.15) is 36.9 Å². The molecule has 0 radical (unpaired) electrons. The van der Waals surface area contributed by atoms with Gasteiger partial charge in [-0.05, 0) is 49.6 Å². The Morgan fingerprint density at radius 2 is 1.90 bits per heavy atom. The van der Waals surface area contributed by atoms with E-state index in [1.165, 1.54) is 6.33 Å². The van der Waals surface area contributed by atoms with E-state index in [-0.39, 0.29) is 11.1 Å². The van der Waals surface area contributed by atoms with Gasteiger partial charge in [0, 0.05) is 42.8 Å². The van der Waals surface area contributed by atoms with Crippen LogP contribution in [-0.2, 0) is 11.3 Å². The maximum absolute atomic E-state index is 11.7. The van der Waals surface area contributed by atoms with Crippen LogP contribution in [0, 0.1) is 0 Å². The summed E-state index contributed by atoms with van der Waals surface area (Å²) in [6, 6.07) is 2.49. The third kappa shape index (κ3) is 5.36. The van der Waals surface area contributed by atoms with Gasteiger partial charge in [0.15, 0.2) is 0 Å². The predicted molar refractivity (Wildman–Crippen MR) is 110 cm³/mol. The van der Waals surface area contributed by atoms with Crippen LogP contribution >= 0.6 is 11.8 Å². The molecule has 0 aromatic carbocycles. The molecule has 2 aromatic rings. The molecule has 1 saturated heterocycles. The number of amides is 2. The molecule has 2 amide bonds. The van der Waals surface area contributed by atoms with Crippen LogP contribution in [0.15, 0.2) is 35.9 Å². The predicted octanol–water partition coefficient (Wildman–Crippen LogP) is 2.10. The van der Waals surface area contributed by atoms with Crippen molar-refractivity contribution in [3.63, 3.8) is 0 Å². The van der Waals surface area contributed by atoms with Crippen LogP contribution in [0.2, 0.25) is 0 Å². The number of rotatable bonds is 6. The average molecular weight is 411 g/mol. The first-order valence-electron chi connectivity index (χ1n) is 9.47. The van der Waals surface area contributed by atoms with Gasteiger partial charge in [0.05, 0.1) is 10.6 Å². The van der Waals surface area contributed by atoms with Gasteiger partial charge >= 0.3 is 0 Å². The van der Waals surface area contributed by atoms with E-state index in [0.717, 1.165) is 49.6 Å². The fourth-order valence-electron chi connectivity index (χ4n) is 3.39. The second-order valence-electron chi connectivity index (χ2n) is 6.98. The number of nitrogens with one attached hydrogen (secondary N) is 3. The van der Waals surface area contributed by atoms with E-state index >= 15 is 0 Å². The fourth-order valence-corrected chi connectivity index (χ4v) is 4.05. The maximum atomic E-state index is 11.7. The third-order valence-electron chi connectivity index (χ3n) is 4.87. The van der Waals surface area contributed by atoms with E-state index in [1.807, 2.05) is 12.4 Å². The molecule has 9 nitrogen and oxygen atoms in total. The first kappa shape index (κ1) is 19.5. The highest BCUT2D eigenvalue weighted by Gasteiger charge is 2.25. The number of carbonyl (C=O) groups excluding carboxylic acids is 2. The number of aromatic nitrogens is 4. The zero-order valence-corrected chi connectivity index (χ0v) is 16.5. The number of anilines is 1. The van der Waals surface area contributed by atoms with Crippen molar-refractivity contribution in [3.8, 4) is 0 Å². The van der Waals surface area contributed by atoms with Crippen molar-refractivity contribution in [1.29, 1.82) is 0 Å². The summed E-state index contributed by atoms with van der Waals surface area (Å²) in [5.41, 5.74) is 1.68. The highest BCUT2D eigenvalue weighted by molar-refractivity contribution is 8.18. The topological polar surface area (TPSA) is 122 Å². The lowest BCUT2D eigenvalue weighted by Gasteiger charge is -2.29. The lowest BCUT2D eigenvalue weighted by molar-refractivity contribution is -0.115. The molecule has 0 unspecified atom stereocenters. The molecule has 2 aromatic heterocycles. The van der Waals surface area contributed by atoms with Gasteiger partial charge in [-0.15, -0.1) is 0 Å². The largest absolute Gasteiger partial charge is 0.351 e. The summed E-state index contributed by atoms with van der Waals surface area (Å²) < 4.78 is 0. The second kappa shape index (κ2) is 9.10. The van der Waals surface area contributed by atoms with E-state index in [0.29, 0.717) is 28.6 Å². The van der Waals surface area contributed by atoms with Gasteiger partial charge in [0.1, 0.15) is 6.33 Å². The van der Waals surface area contributed by atoms with Crippen LogP contribution in [0.5, 0.6) is 0 Å². The van der Waals surface area contributed by atoms with Gasteiger partial charge in [-0.2, -0.15) is 0 Å². The van der Waals surface area contributed by atoms with Gasteiger partial charge < -0.3 is 10.6 Å². The third-order valence-corrected chi connectivity index (χ3v) is 5.68. The molecular weight excluding hydrogens is 390 g/mol. The summed E-state index contributed by atoms with van der Waals surface area (Å²) in [6.45, 7) is 0.775. The second-order valence-corrected chi connectivity index (χ2v) is 7.99. The van der Waals surface area contributed by atoms with Crippen molar-refractivity contribution in [2.45, 2.75) is 44.3 Å². The maximum Gasteiger partial charge on any atom is 0.290 e. The lowest BCUT2D eigenvalue weighted by Crippen LogP contribution is -2.36. The van der Waals surface area contributed by atoms with E-state index in [4.69, 9.17) is 0 Å². The minimum Gasteiger partial charge on any atom is -0.351 e. The summed E-state index contributed by atoms with van der Waals surface area (Å²) in [6.07, 6.45) is 12.6. The summed E-state index contributed by atoms with van der Waals surface area (Å²) in [7, 11) is 0. The first-order chi connectivity index (χ1) is 14.2. The summed E-state index contributed by atoms with van der Waals surface area (Å²) >= 11 is 0.879. The SMILES string of the molecule is O=C1NC(=O)/C(=C\c2ccnc(NC3CCC(NCc4cncnc4)CC3)n2)S1. The van der Waals surface area contributed by atoms with Crippen LogP contribution in [-0.4, -0.2) is 43.2 Å². The molecule has 1 aliphatic carbocycles. The van der Waals surface area contributed by atoms with E-state index < -0.39 is 0 Å². The molecule has 4 rings (SSSR count). The minimum absolute atomic E-state index is 0.307. The Morgan fingerprint density at radius 1 is 1.14 bits per heavy atom. The van der Waals surface area contributed by atoms with E-state index in [1.54, 1.807) is 18.3 Å². The number of hydrogen-bond acceptors (Lipinski definition) is 9. The van der Waals surface area contributed by atoms with Crippen molar-refractivity contribution in [2.75, 3.05) is 5.32 Å². The minimum atomic E-state index is -0.388. The highest BCUT2D eigenvalue weighted by atomic mass is 32.2. The molecule has 3 heterocycles. The molecule has 2 aliphatic rings. The zero-order chi connectivity index (χ0) is 20.1. The van der Waals surface area contributed by atoms with Crippen LogP contribution in [0.25, 0.3) is 6.08 Å². The standard InChI is InChI=1S/C19H21N7O2S/c27-17-16(29-19(28)26-17)7-15-5-6-22-18(25-15)24-14-3-1-13(2-4-14)23-10-12-8-20-11-21-9-12/h5-9,11,13-14,23H,1-4,10H2,(H,22,24,25)(H,26,27,28)/b16-7+. The summed E-state index contributed by atoms with van der Waals surface area (Å²) in [4.78, 5) is 40.1.